The lowest BCUT2D eigenvalue weighted by atomic mass is 10.5. The molecule has 0 unspecified atom stereocenters. The first-order chi connectivity index (χ1) is 6.29. The van der Waals surface area contributed by atoms with Crippen LogP contribution in [0.4, 0.5) is 0 Å². The van der Waals surface area contributed by atoms with Gasteiger partial charge in [-0.2, -0.15) is 4.37 Å². The van der Waals surface area contributed by atoms with E-state index in [-0.39, 0.29) is 0 Å². The smallest absolute Gasteiger partial charge is 0.259 e. The number of rotatable bonds is 2. The van der Waals surface area contributed by atoms with Gasteiger partial charge in [0.25, 0.3) is 5.89 Å². The average Bonchev–Trinajstić information content (AvgIpc) is 2.71. The molecule has 5 nitrogen and oxygen atoms in total. The highest BCUT2D eigenvalue weighted by molar-refractivity contribution is 7.09. The lowest BCUT2D eigenvalue weighted by molar-refractivity contribution is 0.402. The third-order valence-corrected chi connectivity index (χ3v) is 2.19. The molecule has 0 aliphatic carbocycles. The molecule has 0 saturated carbocycles. The van der Waals surface area contributed by atoms with E-state index >= 15 is 0 Å². The number of aromatic nitrogens is 3. The molecule has 0 radical (unpaired) electrons. The van der Waals surface area contributed by atoms with Crippen LogP contribution < -0.4 is 4.74 Å². The highest BCUT2D eigenvalue weighted by Crippen LogP contribution is 2.26. The van der Waals surface area contributed by atoms with Gasteiger partial charge in [-0.3, -0.25) is 0 Å². The first-order valence-electron chi connectivity index (χ1n) is 3.61. The number of ether oxygens (including phenoxy) is 1. The summed E-state index contributed by atoms with van der Waals surface area (Å²) in [5, 5.41) is 7.58. The van der Waals surface area contributed by atoms with Crippen molar-refractivity contribution in [2.75, 3.05) is 7.11 Å². The summed E-state index contributed by atoms with van der Waals surface area (Å²) in [5.74, 6) is 1.59. The Kier molecular flexibility index (Phi) is 1.97. The molecule has 13 heavy (non-hydrogen) atoms. The van der Waals surface area contributed by atoms with Gasteiger partial charge in [0.05, 0.1) is 7.11 Å². The van der Waals surface area contributed by atoms with Gasteiger partial charge in [0.15, 0.2) is 0 Å². The summed E-state index contributed by atoms with van der Waals surface area (Å²) >= 11 is 1.27. The van der Waals surface area contributed by atoms with Crippen LogP contribution in [-0.2, 0) is 0 Å². The van der Waals surface area contributed by atoms with E-state index in [1.165, 1.54) is 11.5 Å². The molecule has 0 spiro atoms. The molecule has 0 aliphatic heterocycles. The molecular weight excluding hydrogens is 190 g/mol. The Bertz CT molecular complexity index is 409. The molecule has 0 aromatic carbocycles. The van der Waals surface area contributed by atoms with Crippen LogP contribution in [0, 0.1) is 6.92 Å². The van der Waals surface area contributed by atoms with E-state index in [0.717, 1.165) is 4.88 Å². The van der Waals surface area contributed by atoms with Crippen LogP contribution in [0.5, 0.6) is 5.88 Å². The number of nitrogens with zero attached hydrogens (tertiary/aromatic N) is 3. The van der Waals surface area contributed by atoms with Crippen molar-refractivity contribution in [3.8, 4) is 16.6 Å². The summed E-state index contributed by atoms with van der Waals surface area (Å²) < 4.78 is 14.2. The summed E-state index contributed by atoms with van der Waals surface area (Å²) in [6.45, 7) is 1.74. The minimum atomic E-state index is 0.485. The summed E-state index contributed by atoms with van der Waals surface area (Å²) in [6.07, 6.45) is 0. The maximum absolute atomic E-state index is 5.22. The second-order valence-electron chi connectivity index (χ2n) is 2.36. The van der Waals surface area contributed by atoms with Gasteiger partial charge in [0.2, 0.25) is 11.8 Å². The molecule has 2 aromatic heterocycles. The zero-order valence-corrected chi connectivity index (χ0v) is 7.96. The van der Waals surface area contributed by atoms with E-state index in [2.05, 4.69) is 14.6 Å². The van der Waals surface area contributed by atoms with Gasteiger partial charge >= 0.3 is 0 Å². The minimum absolute atomic E-state index is 0.485. The van der Waals surface area contributed by atoms with E-state index in [0.29, 0.717) is 17.7 Å². The Morgan fingerprint density at radius 2 is 2.31 bits per heavy atom. The van der Waals surface area contributed by atoms with E-state index in [9.17, 15) is 0 Å². The van der Waals surface area contributed by atoms with Gasteiger partial charge < -0.3 is 9.15 Å². The quantitative estimate of drug-likeness (QED) is 0.730. The molecule has 0 aliphatic rings. The Hall–Kier alpha value is -1.43. The monoisotopic (exact) mass is 197 g/mol. The first-order valence-corrected chi connectivity index (χ1v) is 4.38. The van der Waals surface area contributed by atoms with Gasteiger partial charge in [0, 0.05) is 13.0 Å². The van der Waals surface area contributed by atoms with E-state index in [4.69, 9.17) is 9.15 Å². The SMILES string of the molecule is COc1cc(-c2nnc(C)o2)sn1. The van der Waals surface area contributed by atoms with Crippen molar-refractivity contribution in [1.82, 2.24) is 14.6 Å². The Morgan fingerprint density at radius 1 is 1.46 bits per heavy atom. The average molecular weight is 197 g/mol. The lowest BCUT2D eigenvalue weighted by Gasteiger charge is -1.86. The molecule has 0 amide bonds. The summed E-state index contributed by atoms with van der Waals surface area (Å²) in [5.41, 5.74) is 0. The molecule has 0 fully saturated rings. The van der Waals surface area contributed by atoms with Crippen LogP contribution in [0.2, 0.25) is 0 Å². The van der Waals surface area contributed by atoms with Gasteiger partial charge in [0.1, 0.15) is 4.88 Å². The third-order valence-electron chi connectivity index (χ3n) is 1.43. The maximum Gasteiger partial charge on any atom is 0.259 e. The van der Waals surface area contributed by atoms with Crippen molar-refractivity contribution in [3.05, 3.63) is 12.0 Å². The molecule has 0 bridgehead atoms. The molecular formula is C7H7N3O2S. The first kappa shape index (κ1) is 8.18. The number of hydrogen-bond donors (Lipinski definition) is 0. The van der Waals surface area contributed by atoms with Crippen molar-refractivity contribution in [2.45, 2.75) is 6.92 Å². The Labute approximate surface area is 78.5 Å². The standard InChI is InChI=1S/C7H7N3O2S/c1-4-8-9-7(12-4)5-3-6(11-2)10-13-5/h3H,1-2H3. The predicted octanol–water partition coefficient (Wildman–Crippen LogP) is 1.51. The number of aryl methyl sites for hydroxylation is 1. The zero-order valence-electron chi connectivity index (χ0n) is 7.14. The van der Waals surface area contributed by atoms with Crippen molar-refractivity contribution in [2.24, 2.45) is 0 Å². The van der Waals surface area contributed by atoms with Gasteiger partial charge in [-0.25, -0.2) is 0 Å². The largest absolute Gasteiger partial charge is 0.480 e. The van der Waals surface area contributed by atoms with Crippen LogP contribution >= 0.6 is 11.5 Å². The van der Waals surface area contributed by atoms with Gasteiger partial charge in [-0.1, -0.05) is 0 Å². The molecule has 2 heterocycles. The predicted molar refractivity (Wildman–Crippen MR) is 46.7 cm³/mol. The van der Waals surface area contributed by atoms with E-state index in [1.54, 1.807) is 20.1 Å². The van der Waals surface area contributed by atoms with Crippen molar-refractivity contribution in [1.29, 1.82) is 0 Å². The second kappa shape index (κ2) is 3.14. The molecule has 0 N–H and O–H groups in total. The van der Waals surface area contributed by atoms with Gasteiger partial charge in [-0.05, 0) is 11.5 Å². The van der Waals surface area contributed by atoms with Crippen LogP contribution in [0.1, 0.15) is 5.89 Å². The van der Waals surface area contributed by atoms with Crippen molar-refractivity contribution >= 4 is 11.5 Å². The van der Waals surface area contributed by atoms with Gasteiger partial charge in [-0.15, -0.1) is 10.2 Å². The molecule has 0 atom stereocenters. The normalized spacial score (nSPS) is 10.3. The molecule has 2 aromatic rings. The van der Waals surface area contributed by atoms with E-state index < -0.39 is 0 Å². The highest BCUT2D eigenvalue weighted by Gasteiger charge is 2.10. The fourth-order valence-electron chi connectivity index (χ4n) is 0.852. The summed E-state index contributed by atoms with van der Waals surface area (Å²) in [4.78, 5) is 0.817. The maximum atomic E-state index is 5.22. The topological polar surface area (TPSA) is 61.0 Å². The summed E-state index contributed by atoms with van der Waals surface area (Å²) in [7, 11) is 1.57. The number of methoxy groups -OCH3 is 1. The van der Waals surface area contributed by atoms with Crippen LogP contribution in [0.3, 0.4) is 0 Å². The van der Waals surface area contributed by atoms with Crippen molar-refractivity contribution < 1.29 is 9.15 Å². The molecule has 6 heteroatoms. The molecule has 2 rings (SSSR count). The third kappa shape index (κ3) is 1.52. The van der Waals surface area contributed by atoms with Crippen LogP contribution in [0.15, 0.2) is 10.5 Å². The lowest BCUT2D eigenvalue weighted by Crippen LogP contribution is -1.78. The minimum Gasteiger partial charge on any atom is -0.480 e. The van der Waals surface area contributed by atoms with E-state index in [1.807, 2.05) is 0 Å². The molecule has 68 valence electrons. The fraction of sp³-hybridized carbons (Fsp3) is 0.286. The second-order valence-corrected chi connectivity index (χ2v) is 3.16. The van der Waals surface area contributed by atoms with Crippen LogP contribution in [-0.4, -0.2) is 21.7 Å². The Balaban J connectivity index is 2.35. The van der Waals surface area contributed by atoms with Crippen LogP contribution in [0.25, 0.3) is 10.8 Å². The molecule has 0 saturated heterocycles. The highest BCUT2D eigenvalue weighted by atomic mass is 32.1. The summed E-state index contributed by atoms with van der Waals surface area (Å²) in [6, 6.07) is 1.76. The Morgan fingerprint density at radius 3 is 2.85 bits per heavy atom. The number of hydrogen-bond acceptors (Lipinski definition) is 6. The zero-order chi connectivity index (χ0) is 9.26. The van der Waals surface area contributed by atoms with Crippen molar-refractivity contribution in [3.63, 3.8) is 0 Å². The fourth-order valence-corrected chi connectivity index (χ4v) is 1.48.